The molecule has 1 aliphatic heterocycles. The monoisotopic (exact) mass is 566 g/mol. The largest absolute Gasteiger partial charge is 0.533 e. The fourth-order valence-electron chi connectivity index (χ4n) is 3.72. The quantitative estimate of drug-likeness (QED) is 0.224. The summed E-state index contributed by atoms with van der Waals surface area (Å²) in [5, 5.41) is 11.9. The van der Waals surface area contributed by atoms with Gasteiger partial charge in [0.2, 0.25) is 12.6 Å². The third-order valence-electron chi connectivity index (χ3n) is 5.81. The second-order valence-corrected chi connectivity index (χ2v) is 11.4. The lowest BCUT2D eigenvalue weighted by molar-refractivity contribution is -0.160. The van der Waals surface area contributed by atoms with Crippen LogP contribution in [0.1, 0.15) is 33.4 Å². The van der Waals surface area contributed by atoms with Crippen molar-refractivity contribution in [3.63, 3.8) is 0 Å². The first-order chi connectivity index (χ1) is 18.4. The van der Waals surface area contributed by atoms with Crippen LogP contribution in [0.5, 0.6) is 5.75 Å². The number of esters is 1. The summed E-state index contributed by atoms with van der Waals surface area (Å²) in [4.78, 5) is 37.4. The molecule has 1 unspecified atom stereocenters. The Bertz CT molecular complexity index is 1510. The Morgan fingerprint density at radius 1 is 1.18 bits per heavy atom. The van der Waals surface area contributed by atoms with Crippen LogP contribution in [-0.2, 0) is 27.9 Å². The Balaban J connectivity index is 1.51. The number of phosphoric ester groups is 1. The topological polar surface area (TPSA) is 155 Å². The summed E-state index contributed by atoms with van der Waals surface area (Å²) in [7, 11) is -4.49. The molecule has 0 radical (unpaired) electrons. The standard InChI is InChI=1S/C25H28FN2O10P/c1-25(2,3)23(31)34-14-36-39(33,38-19-10-6-8-15-7-4-5-9-16(15)19)35-13-20-18(29)11-21(37-20)28-12-17(26)22(30)27-24(28)32/h4-10,12,18,20-21,29H,11,13-14H2,1-3H3,(H,27,30,32)/t18-,20+,21+,39?/m0/s1. The maximum Gasteiger partial charge on any atom is 0.533 e. The summed E-state index contributed by atoms with van der Waals surface area (Å²) in [6.07, 6.45) is -2.98. The SMILES string of the molecule is CC(C)(C)C(=O)OCOP(=O)(OC[C@H]1O[C@@H](n2cc(F)c(=O)[nH]c2=O)C[C@@H]1O)Oc1cccc2ccccc12. The lowest BCUT2D eigenvalue weighted by Gasteiger charge is -2.23. The van der Waals surface area contributed by atoms with Gasteiger partial charge in [0, 0.05) is 11.8 Å². The van der Waals surface area contributed by atoms with Crippen LogP contribution < -0.4 is 15.8 Å². The zero-order chi connectivity index (χ0) is 28.4. The number of nitrogens with one attached hydrogen (secondary N) is 1. The Morgan fingerprint density at radius 3 is 2.64 bits per heavy atom. The van der Waals surface area contributed by atoms with Gasteiger partial charge in [0.25, 0.3) is 5.56 Å². The second kappa shape index (κ2) is 11.4. The number of aromatic nitrogens is 2. The van der Waals surface area contributed by atoms with Crippen LogP contribution >= 0.6 is 7.82 Å². The number of carbonyl (C=O) groups excluding carboxylic acids is 1. The van der Waals surface area contributed by atoms with Crippen molar-refractivity contribution in [3.05, 3.63) is 75.3 Å². The molecule has 1 fully saturated rings. The molecule has 0 spiro atoms. The maximum atomic E-state index is 13.7. The normalized spacial score (nSPS) is 21.0. The van der Waals surface area contributed by atoms with E-state index < -0.39 is 68.1 Å². The van der Waals surface area contributed by atoms with E-state index in [9.17, 15) is 28.4 Å². The van der Waals surface area contributed by atoms with Gasteiger partial charge in [-0.2, -0.15) is 4.39 Å². The summed E-state index contributed by atoms with van der Waals surface area (Å²) in [5.41, 5.74) is -2.97. The molecule has 1 aromatic heterocycles. The molecule has 1 aliphatic rings. The number of rotatable bonds is 9. The smallest absolute Gasteiger partial charge is 0.437 e. The van der Waals surface area contributed by atoms with Crippen molar-refractivity contribution in [2.45, 2.75) is 45.6 Å². The molecule has 1 saturated heterocycles. The number of hydrogen-bond donors (Lipinski definition) is 2. The van der Waals surface area contributed by atoms with Crippen LogP contribution in [0.3, 0.4) is 0 Å². The zero-order valence-corrected chi connectivity index (χ0v) is 22.3. The van der Waals surface area contributed by atoms with Crippen molar-refractivity contribution in [3.8, 4) is 5.75 Å². The van der Waals surface area contributed by atoms with Gasteiger partial charge in [0.15, 0.2) is 0 Å². The Kier molecular flexibility index (Phi) is 8.38. The third kappa shape index (κ3) is 6.81. The molecular weight excluding hydrogens is 538 g/mol. The number of benzene rings is 2. The van der Waals surface area contributed by atoms with Gasteiger partial charge in [0.1, 0.15) is 18.1 Å². The van der Waals surface area contributed by atoms with Gasteiger partial charge in [-0.15, -0.1) is 0 Å². The van der Waals surface area contributed by atoms with Crippen molar-refractivity contribution in [2.24, 2.45) is 5.41 Å². The molecule has 0 aliphatic carbocycles. The predicted molar refractivity (Wildman–Crippen MR) is 135 cm³/mol. The van der Waals surface area contributed by atoms with Crippen molar-refractivity contribution >= 4 is 24.6 Å². The predicted octanol–water partition coefficient (Wildman–Crippen LogP) is 3.24. The number of aromatic amines is 1. The van der Waals surface area contributed by atoms with Crippen LogP contribution in [0.4, 0.5) is 4.39 Å². The minimum atomic E-state index is -4.49. The minimum absolute atomic E-state index is 0.155. The van der Waals surface area contributed by atoms with E-state index in [2.05, 4.69) is 0 Å². The number of aliphatic hydroxyl groups is 1. The van der Waals surface area contributed by atoms with Crippen LogP contribution in [0.15, 0.2) is 58.3 Å². The van der Waals surface area contributed by atoms with Crippen molar-refractivity contribution in [1.29, 1.82) is 0 Å². The molecule has 39 heavy (non-hydrogen) atoms. The highest BCUT2D eigenvalue weighted by atomic mass is 31.2. The number of carbonyl (C=O) groups is 1. The molecule has 210 valence electrons. The highest BCUT2D eigenvalue weighted by Gasteiger charge is 2.39. The average Bonchev–Trinajstić information content (AvgIpc) is 3.25. The van der Waals surface area contributed by atoms with Crippen LogP contribution in [0.25, 0.3) is 10.8 Å². The minimum Gasteiger partial charge on any atom is -0.437 e. The van der Waals surface area contributed by atoms with Crippen molar-refractivity contribution < 1.29 is 41.9 Å². The van der Waals surface area contributed by atoms with E-state index in [1.54, 1.807) is 45.0 Å². The molecule has 0 amide bonds. The maximum absolute atomic E-state index is 13.7. The highest BCUT2D eigenvalue weighted by Crippen LogP contribution is 2.51. The number of ether oxygens (including phenoxy) is 2. The molecule has 2 N–H and O–H groups in total. The Labute approximate surface area is 221 Å². The molecule has 2 heterocycles. The summed E-state index contributed by atoms with van der Waals surface area (Å²) in [6, 6.07) is 12.2. The fraction of sp³-hybridized carbons (Fsp3) is 0.400. The van der Waals surface area contributed by atoms with E-state index in [4.69, 9.17) is 23.0 Å². The third-order valence-corrected chi connectivity index (χ3v) is 7.12. The lowest BCUT2D eigenvalue weighted by Crippen LogP contribution is -2.34. The number of halogens is 1. The summed E-state index contributed by atoms with van der Waals surface area (Å²) < 4.78 is 55.3. The Hall–Kier alpha value is -3.35. The number of fused-ring (bicyclic) bond motifs is 1. The van der Waals surface area contributed by atoms with Crippen LogP contribution in [0.2, 0.25) is 0 Å². The van der Waals surface area contributed by atoms with Gasteiger partial charge < -0.3 is 19.1 Å². The molecule has 4 rings (SSSR count). The number of aliphatic hydroxyl groups excluding tert-OH is 1. The van der Waals surface area contributed by atoms with Crippen LogP contribution in [-0.4, -0.2) is 46.2 Å². The number of hydrogen-bond acceptors (Lipinski definition) is 10. The first kappa shape index (κ1) is 28.7. The van der Waals surface area contributed by atoms with Gasteiger partial charge in [-0.3, -0.25) is 23.7 Å². The molecular formula is C25H28FN2O10P. The summed E-state index contributed by atoms with van der Waals surface area (Å²) in [6.45, 7) is 3.61. The molecule has 0 bridgehead atoms. The van der Waals surface area contributed by atoms with E-state index in [0.29, 0.717) is 11.6 Å². The molecule has 2 aromatic carbocycles. The van der Waals surface area contributed by atoms with Gasteiger partial charge >= 0.3 is 19.5 Å². The highest BCUT2D eigenvalue weighted by molar-refractivity contribution is 7.48. The summed E-state index contributed by atoms with van der Waals surface area (Å²) in [5.74, 6) is -1.66. The molecule has 12 nitrogen and oxygen atoms in total. The zero-order valence-electron chi connectivity index (χ0n) is 21.4. The summed E-state index contributed by atoms with van der Waals surface area (Å²) >= 11 is 0. The van der Waals surface area contributed by atoms with Gasteiger partial charge in [-0.1, -0.05) is 36.4 Å². The number of nitrogens with zero attached hydrogens (tertiary/aromatic N) is 1. The van der Waals surface area contributed by atoms with E-state index in [-0.39, 0.29) is 12.2 Å². The first-order valence-corrected chi connectivity index (χ1v) is 13.4. The van der Waals surface area contributed by atoms with E-state index in [0.717, 1.165) is 9.95 Å². The Morgan fingerprint density at radius 2 is 1.90 bits per heavy atom. The molecule has 14 heteroatoms. The second-order valence-electron chi connectivity index (χ2n) is 9.82. The number of H-pyrrole nitrogens is 1. The van der Waals surface area contributed by atoms with Crippen molar-refractivity contribution in [2.75, 3.05) is 13.4 Å². The van der Waals surface area contributed by atoms with Crippen molar-refractivity contribution in [1.82, 2.24) is 9.55 Å². The number of phosphoric acid groups is 1. The average molecular weight is 566 g/mol. The molecule has 0 saturated carbocycles. The van der Waals surface area contributed by atoms with Gasteiger partial charge in [-0.05, 0) is 32.2 Å². The van der Waals surface area contributed by atoms with Gasteiger partial charge in [-0.25, -0.2) is 13.9 Å². The molecule has 4 atom stereocenters. The lowest BCUT2D eigenvalue weighted by atomic mass is 9.98. The van der Waals surface area contributed by atoms with Gasteiger partial charge in [0.05, 0.1) is 24.3 Å². The first-order valence-electron chi connectivity index (χ1n) is 11.9. The van der Waals surface area contributed by atoms with E-state index in [1.165, 1.54) is 0 Å². The molecule has 3 aromatic rings. The van der Waals surface area contributed by atoms with Crippen LogP contribution in [0, 0.1) is 11.2 Å². The van der Waals surface area contributed by atoms with E-state index in [1.807, 2.05) is 23.2 Å². The van der Waals surface area contributed by atoms with E-state index >= 15 is 0 Å². The fourth-order valence-corrected chi connectivity index (χ4v) is 4.81.